The van der Waals surface area contributed by atoms with Gasteiger partial charge in [0.05, 0.1) is 28.1 Å². The first-order valence-corrected chi connectivity index (χ1v) is 13.1. The van der Waals surface area contributed by atoms with Gasteiger partial charge in [0.2, 0.25) is 0 Å². The van der Waals surface area contributed by atoms with Crippen molar-refractivity contribution in [2.45, 2.75) is 0 Å². The Kier molecular flexibility index (Phi) is 4.79. The van der Waals surface area contributed by atoms with Gasteiger partial charge in [0, 0.05) is 34.9 Å². The molecule has 4 heteroatoms. The number of aromatic nitrogens is 2. The molecular weight excluding hydrogens is 478 g/mol. The topological polar surface area (TPSA) is 30.3 Å². The Bertz CT molecular complexity index is 1940. The number of fused-ring (bicyclic) bond motifs is 5. The van der Waals surface area contributed by atoms with Crippen molar-refractivity contribution in [3.8, 4) is 28.3 Å². The molecule has 0 unspecified atom stereocenters. The van der Waals surface area contributed by atoms with E-state index in [4.69, 9.17) is 4.74 Å². The normalized spacial score (nSPS) is 12.3. The highest BCUT2D eigenvalue weighted by atomic mass is 16.5. The molecule has 0 N–H and O–H groups in total. The van der Waals surface area contributed by atoms with Gasteiger partial charge in [-0.15, -0.1) is 0 Å². The molecule has 39 heavy (non-hydrogen) atoms. The van der Waals surface area contributed by atoms with Crippen LogP contribution in [-0.2, 0) is 0 Å². The van der Waals surface area contributed by atoms with Crippen LogP contribution in [0.25, 0.3) is 38.6 Å². The van der Waals surface area contributed by atoms with Crippen molar-refractivity contribution in [2.24, 2.45) is 0 Å². The molecule has 2 aromatic heterocycles. The number of hydrogen-bond acceptors (Lipinski definition) is 3. The molecule has 0 saturated heterocycles. The van der Waals surface area contributed by atoms with Crippen LogP contribution in [0.5, 0.6) is 11.5 Å². The van der Waals surface area contributed by atoms with E-state index in [-0.39, 0.29) is 0 Å². The molecule has 0 fully saturated rings. The van der Waals surface area contributed by atoms with Gasteiger partial charge in [-0.25, -0.2) is 0 Å². The van der Waals surface area contributed by atoms with Crippen LogP contribution in [0.2, 0.25) is 0 Å². The molecule has 0 bridgehead atoms. The molecule has 1 aliphatic heterocycles. The third kappa shape index (κ3) is 3.42. The van der Waals surface area contributed by atoms with Crippen molar-refractivity contribution in [3.63, 3.8) is 0 Å². The number of anilines is 3. The zero-order chi connectivity index (χ0) is 25.8. The quantitative estimate of drug-likeness (QED) is 0.242. The summed E-state index contributed by atoms with van der Waals surface area (Å²) in [4.78, 5) is 6.42. The molecule has 0 saturated carbocycles. The first-order valence-electron chi connectivity index (χ1n) is 13.1. The molecule has 0 aliphatic carbocycles. The van der Waals surface area contributed by atoms with Gasteiger partial charge in [-0.2, -0.15) is 0 Å². The van der Waals surface area contributed by atoms with Crippen LogP contribution in [0, 0.1) is 0 Å². The van der Waals surface area contributed by atoms with E-state index >= 15 is 0 Å². The Morgan fingerprint density at radius 1 is 0.487 bits per heavy atom. The van der Waals surface area contributed by atoms with Gasteiger partial charge < -0.3 is 14.2 Å². The number of pyridine rings is 1. The van der Waals surface area contributed by atoms with Crippen molar-refractivity contribution in [1.29, 1.82) is 0 Å². The molecular formula is C35H23N3O. The maximum absolute atomic E-state index is 6.52. The Balaban J connectivity index is 1.28. The number of rotatable bonds is 3. The van der Waals surface area contributed by atoms with Crippen molar-refractivity contribution < 1.29 is 4.74 Å². The summed E-state index contributed by atoms with van der Waals surface area (Å²) in [5.41, 5.74) is 8.84. The molecule has 7 aromatic rings. The lowest BCUT2D eigenvalue weighted by Gasteiger charge is -2.33. The SMILES string of the molecule is c1ccc2c(c1)Oc1cc(-n3c4ccccc4c4ccccc43)ccc1N2c1ccc(-c2ccncc2)cc1. The maximum atomic E-state index is 6.52. The van der Waals surface area contributed by atoms with E-state index < -0.39 is 0 Å². The fourth-order valence-electron chi connectivity index (χ4n) is 5.71. The second-order valence-corrected chi connectivity index (χ2v) is 9.71. The highest BCUT2D eigenvalue weighted by molar-refractivity contribution is 6.09. The predicted octanol–water partition coefficient (Wildman–Crippen LogP) is 9.42. The summed E-state index contributed by atoms with van der Waals surface area (Å²) in [6.07, 6.45) is 3.65. The van der Waals surface area contributed by atoms with E-state index in [1.54, 1.807) is 0 Å². The predicted molar refractivity (Wildman–Crippen MR) is 159 cm³/mol. The van der Waals surface area contributed by atoms with Gasteiger partial charge in [-0.1, -0.05) is 60.7 Å². The smallest absolute Gasteiger partial charge is 0.153 e. The molecule has 0 amide bonds. The van der Waals surface area contributed by atoms with Crippen LogP contribution in [0.4, 0.5) is 17.1 Å². The lowest BCUT2D eigenvalue weighted by Crippen LogP contribution is -2.16. The van der Waals surface area contributed by atoms with E-state index in [9.17, 15) is 0 Å². The summed E-state index contributed by atoms with van der Waals surface area (Å²) >= 11 is 0. The maximum Gasteiger partial charge on any atom is 0.153 e. The summed E-state index contributed by atoms with van der Waals surface area (Å²) in [5, 5.41) is 2.49. The zero-order valence-corrected chi connectivity index (χ0v) is 21.0. The van der Waals surface area contributed by atoms with Crippen LogP contribution in [-0.4, -0.2) is 9.55 Å². The molecule has 4 nitrogen and oxygen atoms in total. The molecule has 5 aromatic carbocycles. The average Bonchev–Trinajstić information content (AvgIpc) is 3.35. The summed E-state index contributed by atoms with van der Waals surface area (Å²) in [6.45, 7) is 0. The third-order valence-corrected chi connectivity index (χ3v) is 7.49. The van der Waals surface area contributed by atoms with E-state index in [1.807, 2.05) is 36.7 Å². The minimum atomic E-state index is 0.825. The van der Waals surface area contributed by atoms with Gasteiger partial charge in [-0.05, 0) is 71.8 Å². The minimum Gasteiger partial charge on any atom is -0.453 e. The number of nitrogens with zero attached hydrogens (tertiary/aromatic N) is 3. The molecule has 3 heterocycles. The minimum absolute atomic E-state index is 0.825. The second-order valence-electron chi connectivity index (χ2n) is 9.71. The Hall–Kier alpha value is -5.35. The van der Waals surface area contributed by atoms with Crippen LogP contribution in [0.3, 0.4) is 0 Å². The van der Waals surface area contributed by atoms with Gasteiger partial charge in [-0.3, -0.25) is 4.98 Å². The Labute approximate surface area is 226 Å². The van der Waals surface area contributed by atoms with Crippen molar-refractivity contribution in [1.82, 2.24) is 9.55 Å². The molecule has 1 aliphatic rings. The number of para-hydroxylation sites is 4. The van der Waals surface area contributed by atoms with E-state index in [0.717, 1.165) is 45.4 Å². The van der Waals surface area contributed by atoms with Crippen LogP contribution in [0.1, 0.15) is 0 Å². The van der Waals surface area contributed by atoms with Crippen LogP contribution < -0.4 is 9.64 Å². The second kappa shape index (κ2) is 8.61. The Morgan fingerprint density at radius 3 is 1.82 bits per heavy atom. The van der Waals surface area contributed by atoms with Gasteiger partial charge in [0.1, 0.15) is 0 Å². The summed E-state index contributed by atoms with van der Waals surface area (Å²) in [6, 6.07) is 44.6. The van der Waals surface area contributed by atoms with E-state index in [2.05, 4.69) is 118 Å². The highest BCUT2D eigenvalue weighted by Gasteiger charge is 2.26. The fraction of sp³-hybridized carbons (Fsp3) is 0. The lowest BCUT2D eigenvalue weighted by molar-refractivity contribution is 0.477. The first-order chi connectivity index (χ1) is 19.3. The summed E-state index contributed by atoms with van der Waals surface area (Å²) in [5.74, 6) is 1.66. The summed E-state index contributed by atoms with van der Waals surface area (Å²) < 4.78 is 8.85. The Morgan fingerprint density at radius 2 is 1.08 bits per heavy atom. The molecule has 0 radical (unpaired) electrons. The number of ether oxygens (including phenoxy) is 1. The largest absolute Gasteiger partial charge is 0.453 e. The van der Waals surface area contributed by atoms with Crippen molar-refractivity contribution >= 4 is 38.9 Å². The van der Waals surface area contributed by atoms with E-state index in [0.29, 0.717) is 0 Å². The van der Waals surface area contributed by atoms with Crippen molar-refractivity contribution in [2.75, 3.05) is 4.90 Å². The molecule has 0 atom stereocenters. The third-order valence-electron chi connectivity index (χ3n) is 7.49. The lowest BCUT2D eigenvalue weighted by atomic mass is 10.1. The van der Waals surface area contributed by atoms with Gasteiger partial charge in [0.15, 0.2) is 11.5 Å². The zero-order valence-electron chi connectivity index (χ0n) is 21.0. The van der Waals surface area contributed by atoms with Crippen LogP contribution in [0.15, 0.2) is 140 Å². The molecule has 184 valence electrons. The van der Waals surface area contributed by atoms with Crippen molar-refractivity contribution in [3.05, 3.63) is 140 Å². The monoisotopic (exact) mass is 501 g/mol. The summed E-state index contributed by atoms with van der Waals surface area (Å²) in [7, 11) is 0. The average molecular weight is 502 g/mol. The standard InChI is InChI=1S/C35H23N3O/c1-3-9-30-28(7-1)29-8-2-4-10-31(29)38(30)27-17-18-33-35(23-27)39-34-12-6-5-11-32(34)37(33)26-15-13-24(14-16-26)25-19-21-36-22-20-25/h1-23H. The molecule has 0 spiro atoms. The number of hydrogen-bond donors (Lipinski definition) is 0. The highest BCUT2D eigenvalue weighted by Crippen LogP contribution is 2.51. The van der Waals surface area contributed by atoms with Gasteiger partial charge >= 0.3 is 0 Å². The van der Waals surface area contributed by atoms with Crippen LogP contribution >= 0.6 is 0 Å². The first kappa shape index (κ1) is 21.7. The van der Waals surface area contributed by atoms with E-state index in [1.165, 1.54) is 21.8 Å². The number of benzene rings is 5. The van der Waals surface area contributed by atoms with Gasteiger partial charge in [0.25, 0.3) is 0 Å². The fourth-order valence-corrected chi connectivity index (χ4v) is 5.71. The molecule has 8 rings (SSSR count).